The maximum absolute atomic E-state index is 5.86. The van der Waals surface area contributed by atoms with Crippen LogP contribution in [0, 0.1) is 10.8 Å². The normalized spacial score (nSPS) is 30.4. The predicted molar refractivity (Wildman–Crippen MR) is 58.4 cm³/mol. The molecule has 2 atom stereocenters. The highest BCUT2D eigenvalue weighted by Gasteiger charge is 2.42. The summed E-state index contributed by atoms with van der Waals surface area (Å²) in [6, 6.07) is 0. The van der Waals surface area contributed by atoms with Crippen molar-refractivity contribution in [3.05, 3.63) is 0 Å². The molecule has 0 N–H and O–H groups in total. The third-order valence-corrected chi connectivity index (χ3v) is 2.66. The molecule has 2 unspecified atom stereocenters. The fourth-order valence-corrected chi connectivity index (χ4v) is 1.93. The number of hydrogen-bond donors (Lipinski definition) is 0. The van der Waals surface area contributed by atoms with Crippen LogP contribution in [0.2, 0.25) is 0 Å². The van der Waals surface area contributed by atoms with Crippen LogP contribution >= 0.6 is 0 Å². The Morgan fingerprint density at radius 3 is 1.21 bits per heavy atom. The van der Waals surface area contributed by atoms with E-state index in [-0.39, 0.29) is 23.0 Å². The Morgan fingerprint density at radius 1 is 0.714 bits per heavy atom. The van der Waals surface area contributed by atoms with E-state index >= 15 is 0 Å². The van der Waals surface area contributed by atoms with E-state index in [1.165, 1.54) is 0 Å². The number of rotatable bonds is 0. The summed E-state index contributed by atoms with van der Waals surface area (Å²) in [5.41, 5.74) is 0.302. The van der Waals surface area contributed by atoms with Crippen molar-refractivity contribution in [2.45, 2.75) is 53.8 Å². The summed E-state index contributed by atoms with van der Waals surface area (Å²) >= 11 is 0. The largest absolute Gasteiger partial charge is 0.373 e. The molecule has 84 valence electrons. The van der Waals surface area contributed by atoms with Crippen molar-refractivity contribution in [1.29, 1.82) is 0 Å². The van der Waals surface area contributed by atoms with Crippen LogP contribution in [0.3, 0.4) is 0 Å². The molecular weight excluding hydrogens is 176 g/mol. The van der Waals surface area contributed by atoms with Gasteiger partial charge < -0.3 is 9.47 Å². The van der Waals surface area contributed by atoms with Crippen LogP contribution in [0.5, 0.6) is 0 Å². The van der Waals surface area contributed by atoms with Gasteiger partial charge in [-0.05, 0) is 10.8 Å². The molecule has 1 heterocycles. The summed E-state index contributed by atoms with van der Waals surface area (Å²) in [5, 5.41) is 0. The van der Waals surface area contributed by atoms with Crippen molar-refractivity contribution < 1.29 is 9.47 Å². The van der Waals surface area contributed by atoms with Crippen molar-refractivity contribution >= 4 is 0 Å². The zero-order chi connectivity index (χ0) is 11.0. The average Bonchev–Trinajstić information content (AvgIpc) is 2.01. The van der Waals surface area contributed by atoms with Gasteiger partial charge in [0.2, 0.25) is 0 Å². The van der Waals surface area contributed by atoms with Crippen molar-refractivity contribution in [3.8, 4) is 0 Å². The van der Waals surface area contributed by atoms with Gasteiger partial charge in [-0.3, -0.25) is 0 Å². The van der Waals surface area contributed by atoms with E-state index in [9.17, 15) is 0 Å². The minimum Gasteiger partial charge on any atom is -0.373 e. The summed E-state index contributed by atoms with van der Waals surface area (Å²) in [7, 11) is 0. The molecule has 2 nitrogen and oxygen atoms in total. The second kappa shape index (κ2) is 3.82. The lowest BCUT2D eigenvalue weighted by atomic mass is 9.75. The van der Waals surface area contributed by atoms with Crippen LogP contribution in [-0.4, -0.2) is 25.4 Å². The molecule has 2 heteroatoms. The first-order valence-electron chi connectivity index (χ1n) is 5.46. The molecule has 1 rings (SSSR count). The van der Waals surface area contributed by atoms with Crippen LogP contribution in [0.4, 0.5) is 0 Å². The summed E-state index contributed by atoms with van der Waals surface area (Å²) in [6.07, 6.45) is 0.410. The molecule has 0 spiro atoms. The van der Waals surface area contributed by atoms with Crippen LogP contribution in [0.15, 0.2) is 0 Å². The van der Waals surface area contributed by atoms with Crippen LogP contribution in [0.1, 0.15) is 41.5 Å². The van der Waals surface area contributed by atoms with Crippen LogP contribution < -0.4 is 0 Å². The molecule has 0 aromatic heterocycles. The Morgan fingerprint density at radius 2 is 1.00 bits per heavy atom. The quantitative estimate of drug-likeness (QED) is 0.598. The third kappa shape index (κ3) is 2.71. The second-order valence-electron chi connectivity index (χ2n) is 6.31. The van der Waals surface area contributed by atoms with Crippen molar-refractivity contribution in [2.75, 3.05) is 13.2 Å². The second-order valence-corrected chi connectivity index (χ2v) is 6.31. The number of hydrogen-bond acceptors (Lipinski definition) is 2. The molecule has 1 fully saturated rings. The lowest BCUT2D eigenvalue weighted by molar-refractivity contribution is -0.204. The monoisotopic (exact) mass is 200 g/mol. The van der Waals surface area contributed by atoms with Gasteiger partial charge in [0.05, 0.1) is 25.4 Å². The van der Waals surface area contributed by atoms with E-state index in [0.29, 0.717) is 0 Å². The Kier molecular flexibility index (Phi) is 3.27. The fourth-order valence-electron chi connectivity index (χ4n) is 1.93. The maximum Gasteiger partial charge on any atom is 0.0891 e. The van der Waals surface area contributed by atoms with Crippen molar-refractivity contribution in [1.82, 2.24) is 0 Å². The molecule has 1 aliphatic heterocycles. The molecule has 0 amide bonds. The molecular formula is C12H24O2. The van der Waals surface area contributed by atoms with Gasteiger partial charge in [-0.25, -0.2) is 0 Å². The molecule has 0 aliphatic carbocycles. The van der Waals surface area contributed by atoms with Gasteiger partial charge >= 0.3 is 0 Å². The van der Waals surface area contributed by atoms with Gasteiger partial charge in [-0.1, -0.05) is 41.5 Å². The van der Waals surface area contributed by atoms with Crippen LogP contribution in [0.25, 0.3) is 0 Å². The van der Waals surface area contributed by atoms with Crippen LogP contribution in [-0.2, 0) is 9.47 Å². The SMILES string of the molecule is CC(C)(C)C1OCCOC1C(C)(C)C. The summed E-state index contributed by atoms with van der Waals surface area (Å²) in [6.45, 7) is 14.7. The minimum atomic E-state index is 0.151. The van der Waals surface area contributed by atoms with Gasteiger partial charge in [0.25, 0.3) is 0 Å². The van der Waals surface area contributed by atoms with E-state index in [1.54, 1.807) is 0 Å². The van der Waals surface area contributed by atoms with E-state index < -0.39 is 0 Å². The highest BCUT2D eigenvalue weighted by atomic mass is 16.6. The Labute approximate surface area is 88.0 Å². The Hall–Kier alpha value is -0.0800. The van der Waals surface area contributed by atoms with Crippen molar-refractivity contribution in [3.63, 3.8) is 0 Å². The van der Waals surface area contributed by atoms with E-state index in [2.05, 4.69) is 41.5 Å². The average molecular weight is 200 g/mol. The van der Waals surface area contributed by atoms with Gasteiger partial charge in [0.1, 0.15) is 0 Å². The van der Waals surface area contributed by atoms with Gasteiger partial charge in [0, 0.05) is 0 Å². The first kappa shape index (κ1) is 12.0. The third-order valence-electron chi connectivity index (χ3n) is 2.66. The lowest BCUT2D eigenvalue weighted by Crippen LogP contribution is -2.52. The fraction of sp³-hybridized carbons (Fsp3) is 1.00. The summed E-state index contributed by atoms with van der Waals surface area (Å²) < 4.78 is 11.7. The lowest BCUT2D eigenvalue weighted by Gasteiger charge is -2.45. The molecule has 0 bridgehead atoms. The number of ether oxygens (including phenoxy) is 2. The molecule has 0 radical (unpaired) electrons. The van der Waals surface area contributed by atoms with Crippen molar-refractivity contribution in [2.24, 2.45) is 10.8 Å². The Bertz CT molecular complexity index is 163. The molecule has 14 heavy (non-hydrogen) atoms. The molecule has 1 aliphatic rings. The standard InChI is InChI=1S/C12H24O2/c1-11(2,3)9-10(12(4,5)6)14-8-7-13-9/h9-10H,7-8H2,1-6H3. The van der Waals surface area contributed by atoms with Gasteiger partial charge in [0.15, 0.2) is 0 Å². The highest BCUT2D eigenvalue weighted by Crippen LogP contribution is 2.36. The van der Waals surface area contributed by atoms with E-state index in [1.807, 2.05) is 0 Å². The highest BCUT2D eigenvalue weighted by molar-refractivity contribution is 4.90. The maximum atomic E-state index is 5.86. The molecule has 0 saturated carbocycles. The molecule has 1 saturated heterocycles. The van der Waals surface area contributed by atoms with E-state index in [4.69, 9.17) is 9.47 Å². The molecule has 0 aromatic rings. The Balaban J connectivity index is 2.80. The zero-order valence-electron chi connectivity index (χ0n) is 10.4. The predicted octanol–water partition coefficient (Wildman–Crippen LogP) is 2.86. The van der Waals surface area contributed by atoms with E-state index in [0.717, 1.165) is 13.2 Å². The summed E-state index contributed by atoms with van der Waals surface area (Å²) in [5.74, 6) is 0. The topological polar surface area (TPSA) is 18.5 Å². The zero-order valence-corrected chi connectivity index (χ0v) is 10.4. The molecule has 0 aromatic carbocycles. The van der Waals surface area contributed by atoms with Gasteiger partial charge in [-0.2, -0.15) is 0 Å². The first-order chi connectivity index (χ1) is 6.23. The summed E-state index contributed by atoms with van der Waals surface area (Å²) in [4.78, 5) is 0. The first-order valence-corrected chi connectivity index (χ1v) is 5.46. The smallest absolute Gasteiger partial charge is 0.0891 e. The van der Waals surface area contributed by atoms with Gasteiger partial charge in [-0.15, -0.1) is 0 Å². The minimum absolute atomic E-state index is 0.151.